The van der Waals surface area contributed by atoms with E-state index < -0.39 is 0 Å². The van der Waals surface area contributed by atoms with Crippen LogP contribution >= 0.6 is 24.4 Å². The Kier molecular flexibility index (Phi) is 6.16. The van der Waals surface area contributed by atoms with Gasteiger partial charge in [-0.1, -0.05) is 11.8 Å². The van der Waals surface area contributed by atoms with E-state index in [2.05, 4.69) is 29.5 Å². The average molecular weight is 258 g/mol. The summed E-state index contributed by atoms with van der Waals surface area (Å²) in [4.78, 5) is 8.87. The number of aromatic nitrogens is 2. The highest BCUT2D eigenvalue weighted by Crippen LogP contribution is 2.16. The van der Waals surface area contributed by atoms with Crippen molar-refractivity contribution in [3.8, 4) is 0 Å². The minimum absolute atomic E-state index is 0.705. The first-order valence-electron chi connectivity index (χ1n) is 5.28. The van der Waals surface area contributed by atoms with Crippen LogP contribution in [0.2, 0.25) is 0 Å². The Balaban J connectivity index is 2.43. The average Bonchev–Trinajstić information content (AvgIpc) is 2.25. The van der Waals surface area contributed by atoms with Gasteiger partial charge in [0, 0.05) is 22.9 Å². The molecule has 16 heavy (non-hydrogen) atoms. The predicted molar refractivity (Wildman–Crippen MR) is 71.6 cm³/mol. The molecule has 0 bridgehead atoms. The molecule has 0 fully saturated rings. The first-order valence-corrected chi connectivity index (χ1v) is 6.90. The van der Waals surface area contributed by atoms with Gasteiger partial charge < -0.3 is 4.74 Å². The fourth-order valence-electron chi connectivity index (χ4n) is 1.16. The molecule has 0 saturated carbocycles. The molecule has 0 saturated heterocycles. The van der Waals surface area contributed by atoms with Crippen LogP contribution in [0.3, 0.4) is 0 Å². The molecule has 5 heteroatoms. The predicted octanol–water partition coefficient (Wildman–Crippen LogP) is 2.44. The summed E-state index contributed by atoms with van der Waals surface area (Å²) in [5, 5.41) is 0.843. The Hall–Kier alpha value is -0.260. The second-order valence-corrected chi connectivity index (χ2v) is 5.00. The molecular formula is C11H18N2OS2. The quantitative estimate of drug-likeness (QED) is 0.368. The van der Waals surface area contributed by atoms with Gasteiger partial charge in [-0.2, -0.15) is 12.6 Å². The smallest absolute Gasteiger partial charge is 0.188 e. The lowest BCUT2D eigenvalue weighted by Gasteiger charge is -2.06. The number of hydrogen-bond acceptors (Lipinski definition) is 5. The zero-order valence-electron chi connectivity index (χ0n) is 9.99. The van der Waals surface area contributed by atoms with E-state index in [0.29, 0.717) is 6.61 Å². The van der Waals surface area contributed by atoms with E-state index >= 15 is 0 Å². The molecule has 0 aliphatic rings. The minimum atomic E-state index is 0.705. The van der Waals surface area contributed by atoms with Crippen LogP contribution in [0, 0.1) is 20.8 Å². The van der Waals surface area contributed by atoms with Gasteiger partial charge in [-0.15, -0.1) is 0 Å². The molecule has 0 aliphatic heterocycles. The van der Waals surface area contributed by atoms with Crippen molar-refractivity contribution in [1.82, 2.24) is 9.97 Å². The van der Waals surface area contributed by atoms with Crippen molar-refractivity contribution in [3.63, 3.8) is 0 Å². The number of thiol groups is 1. The van der Waals surface area contributed by atoms with Crippen LogP contribution in [0.4, 0.5) is 0 Å². The van der Waals surface area contributed by atoms with Gasteiger partial charge in [0.05, 0.1) is 13.2 Å². The van der Waals surface area contributed by atoms with Crippen LogP contribution < -0.4 is 0 Å². The molecule has 1 heterocycles. The first-order chi connectivity index (χ1) is 7.65. The van der Waals surface area contributed by atoms with E-state index in [9.17, 15) is 0 Å². The standard InChI is InChI=1S/C11H18N2OS2/c1-8-9(2)12-11(13-10(8)3)16-7-5-14-4-6-15/h15H,4-7H2,1-3H3. The zero-order chi connectivity index (χ0) is 12.0. The largest absolute Gasteiger partial charge is 0.380 e. The number of thioether (sulfide) groups is 1. The van der Waals surface area contributed by atoms with Crippen molar-refractivity contribution in [2.75, 3.05) is 24.7 Å². The minimum Gasteiger partial charge on any atom is -0.380 e. The van der Waals surface area contributed by atoms with Crippen molar-refractivity contribution < 1.29 is 4.74 Å². The van der Waals surface area contributed by atoms with Crippen LogP contribution in [-0.4, -0.2) is 34.7 Å². The second-order valence-electron chi connectivity index (χ2n) is 3.49. The lowest BCUT2D eigenvalue weighted by molar-refractivity contribution is 0.167. The second kappa shape index (κ2) is 7.14. The molecule has 1 rings (SSSR count). The van der Waals surface area contributed by atoms with Crippen LogP contribution in [0.25, 0.3) is 0 Å². The highest BCUT2D eigenvalue weighted by Gasteiger charge is 2.04. The first kappa shape index (κ1) is 13.8. The SMILES string of the molecule is Cc1nc(SCCOCCS)nc(C)c1C. The summed E-state index contributed by atoms with van der Waals surface area (Å²) in [6, 6.07) is 0. The summed E-state index contributed by atoms with van der Waals surface area (Å²) in [6.45, 7) is 7.52. The summed E-state index contributed by atoms with van der Waals surface area (Å²) >= 11 is 5.71. The van der Waals surface area contributed by atoms with Gasteiger partial charge in [-0.05, 0) is 26.3 Å². The normalized spacial score (nSPS) is 10.8. The number of rotatable bonds is 6. The van der Waals surface area contributed by atoms with E-state index in [0.717, 1.165) is 34.7 Å². The van der Waals surface area contributed by atoms with Gasteiger partial charge in [0.2, 0.25) is 0 Å². The number of aryl methyl sites for hydroxylation is 2. The third kappa shape index (κ3) is 4.31. The lowest BCUT2D eigenvalue weighted by Crippen LogP contribution is -2.02. The lowest BCUT2D eigenvalue weighted by atomic mass is 10.2. The van der Waals surface area contributed by atoms with E-state index in [-0.39, 0.29) is 0 Å². The molecule has 0 aliphatic carbocycles. The molecule has 0 spiro atoms. The molecule has 0 atom stereocenters. The highest BCUT2D eigenvalue weighted by atomic mass is 32.2. The molecule has 1 aromatic heterocycles. The van der Waals surface area contributed by atoms with Gasteiger partial charge in [-0.3, -0.25) is 0 Å². The third-order valence-electron chi connectivity index (χ3n) is 2.31. The van der Waals surface area contributed by atoms with Crippen molar-refractivity contribution in [2.45, 2.75) is 25.9 Å². The summed E-state index contributed by atoms with van der Waals surface area (Å²) in [6.07, 6.45) is 0. The highest BCUT2D eigenvalue weighted by molar-refractivity contribution is 7.99. The van der Waals surface area contributed by atoms with Crippen LogP contribution in [0.15, 0.2) is 5.16 Å². The van der Waals surface area contributed by atoms with E-state index in [4.69, 9.17) is 4.74 Å². The van der Waals surface area contributed by atoms with E-state index in [1.54, 1.807) is 11.8 Å². The molecule has 0 radical (unpaired) electrons. The maximum atomic E-state index is 5.34. The Labute approximate surface area is 107 Å². The van der Waals surface area contributed by atoms with E-state index in [1.807, 2.05) is 13.8 Å². The molecule has 0 N–H and O–H groups in total. The number of ether oxygens (including phenoxy) is 1. The fourth-order valence-corrected chi connectivity index (χ4v) is 2.08. The van der Waals surface area contributed by atoms with Crippen molar-refractivity contribution >= 4 is 24.4 Å². The van der Waals surface area contributed by atoms with Gasteiger partial charge in [-0.25, -0.2) is 9.97 Å². The van der Waals surface area contributed by atoms with Gasteiger partial charge in [0.25, 0.3) is 0 Å². The Morgan fingerprint density at radius 3 is 2.31 bits per heavy atom. The molecule has 3 nitrogen and oxygen atoms in total. The molecular weight excluding hydrogens is 240 g/mol. The van der Waals surface area contributed by atoms with E-state index in [1.165, 1.54) is 5.56 Å². The molecule has 90 valence electrons. The van der Waals surface area contributed by atoms with Crippen molar-refractivity contribution in [3.05, 3.63) is 17.0 Å². The topological polar surface area (TPSA) is 35.0 Å². The summed E-state index contributed by atoms with van der Waals surface area (Å²) < 4.78 is 5.34. The summed E-state index contributed by atoms with van der Waals surface area (Å²) in [7, 11) is 0. The van der Waals surface area contributed by atoms with Gasteiger partial charge >= 0.3 is 0 Å². The Bertz CT molecular complexity index is 322. The monoisotopic (exact) mass is 258 g/mol. The van der Waals surface area contributed by atoms with Crippen molar-refractivity contribution in [1.29, 1.82) is 0 Å². The number of nitrogens with zero attached hydrogens (tertiary/aromatic N) is 2. The summed E-state index contributed by atoms with van der Waals surface area (Å²) in [5.41, 5.74) is 3.30. The maximum absolute atomic E-state index is 5.34. The summed E-state index contributed by atoms with van der Waals surface area (Å²) in [5.74, 6) is 1.65. The maximum Gasteiger partial charge on any atom is 0.188 e. The fraction of sp³-hybridized carbons (Fsp3) is 0.636. The molecule has 1 aromatic rings. The molecule has 0 amide bonds. The number of hydrogen-bond donors (Lipinski definition) is 1. The Morgan fingerprint density at radius 1 is 1.12 bits per heavy atom. The Morgan fingerprint density at radius 2 is 1.75 bits per heavy atom. The van der Waals surface area contributed by atoms with Crippen LogP contribution in [0.5, 0.6) is 0 Å². The van der Waals surface area contributed by atoms with Crippen LogP contribution in [-0.2, 0) is 4.74 Å². The molecule has 0 aromatic carbocycles. The molecule has 0 unspecified atom stereocenters. The van der Waals surface area contributed by atoms with Crippen molar-refractivity contribution in [2.24, 2.45) is 0 Å². The third-order valence-corrected chi connectivity index (χ3v) is 3.30. The van der Waals surface area contributed by atoms with Crippen LogP contribution in [0.1, 0.15) is 17.0 Å². The van der Waals surface area contributed by atoms with Gasteiger partial charge in [0.15, 0.2) is 5.16 Å². The van der Waals surface area contributed by atoms with Gasteiger partial charge in [0.1, 0.15) is 0 Å². The zero-order valence-corrected chi connectivity index (χ0v) is 11.7.